The number of nitrogens with one attached hydrogen (secondary N) is 1. The van der Waals surface area contributed by atoms with Crippen LogP contribution in [0.15, 0.2) is 48.5 Å². The van der Waals surface area contributed by atoms with E-state index in [1.165, 1.54) is 0 Å². The Morgan fingerprint density at radius 2 is 1.36 bits per heavy atom. The van der Waals surface area contributed by atoms with Crippen molar-refractivity contribution in [2.24, 2.45) is 0 Å². The van der Waals surface area contributed by atoms with E-state index in [1.807, 2.05) is 43.4 Å². The van der Waals surface area contributed by atoms with Gasteiger partial charge in [-0.1, -0.05) is 0 Å². The Morgan fingerprint density at radius 3 is 1.82 bits per heavy atom. The highest BCUT2D eigenvalue weighted by Gasteiger charge is 1.97. The molecule has 0 aliphatic rings. The molecule has 2 rings (SSSR count). The van der Waals surface area contributed by atoms with Gasteiger partial charge in [0.1, 0.15) is 11.5 Å². The summed E-state index contributed by atoms with van der Waals surface area (Å²) in [4.78, 5) is 0. The molecule has 0 atom stereocenters. The normalized spacial score (nSPS) is 9.82. The van der Waals surface area contributed by atoms with E-state index in [9.17, 15) is 0 Å². The maximum absolute atomic E-state index is 8.72. The molecule has 114 valence electrons. The van der Waals surface area contributed by atoms with Crippen LogP contribution in [0.4, 0.5) is 5.69 Å². The molecule has 0 unspecified atom stereocenters. The Morgan fingerprint density at radius 1 is 0.864 bits per heavy atom. The second-order valence-electron chi connectivity index (χ2n) is 4.81. The molecule has 0 aromatic heterocycles. The molecule has 4 nitrogen and oxygen atoms in total. The lowest BCUT2D eigenvalue weighted by Gasteiger charge is -2.08. The first-order valence-electron chi connectivity index (χ1n) is 7.35. The zero-order chi connectivity index (χ0) is 15.6. The smallest absolute Gasteiger partial charge is 0.119 e. The first kappa shape index (κ1) is 15.7. The van der Waals surface area contributed by atoms with Crippen LogP contribution in [0.2, 0.25) is 0 Å². The first-order valence-corrected chi connectivity index (χ1v) is 7.35. The maximum Gasteiger partial charge on any atom is 0.119 e. The second-order valence-corrected chi connectivity index (χ2v) is 4.81. The Labute approximate surface area is 131 Å². The van der Waals surface area contributed by atoms with Gasteiger partial charge in [0.2, 0.25) is 0 Å². The fourth-order valence-electron chi connectivity index (χ4n) is 1.93. The molecule has 0 radical (unpaired) electrons. The highest BCUT2D eigenvalue weighted by atomic mass is 16.5. The van der Waals surface area contributed by atoms with E-state index in [4.69, 9.17) is 14.7 Å². The summed E-state index contributed by atoms with van der Waals surface area (Å²) >= 11 is 0. The molecule has 1 N–H and O–H groups in total. The zero-order valence-electron chi connectivity index (χ0n) is 12.7. The molecule has 0 bridgehead atoms. The van der Waals surface area contributed by atoms with Crippen LogP contribution in [0.1, 0.15) is 18.4 Å². The Balaban J connectivity index is 1.59. The molecular weight excluding hydrogens is 276 g/mol. The van der Waals surface area contributed by atoms with Crippen LogP contribution in [-0.4, -0.2) is 20.3 Å². The maximum atomic E-state index is 8.72. The van der Waals surface area contributed by atoms with Crippen molar-refractivity contribution in [3.63, 3.8) is 0 Å². The van der Waals surface area contributed by atoms with Crippen LogP contribution in [0, 0.1) is 11.3 Å². The molecule has 2 aromatic rings. The van der Waals surface area contributed by atoms with E-state index in [-0.39, 0.29) is 0 Å². The number of nitriles is 1. The fraction of sp³-hybridized carbons (Fsp3) is 0.278. The van der Waals surface area contributed by atoms with Gasteiger partial charge in [-0.05, 0) is 61.4 Å². The topological polar surface area (TPSA) is 54.3 Å². The largest absolute Gasteiger partial charge is 0.494 e. The van der Waals surface area contributed by atoms with Gasteiger partial charge >= 0.3 is 0 Å². The summed E-state index contributed by atoms with van der Waals surface area (Å²) in [7, 11) is 1.89. The number of ether oxygens (including phenoxy) is 2. The van der Waals surface area contributed by atoms with E-state index >= 15 is 0 Å². The molecule has 0 fully saturated rings. The molecule has 0 saturated heterocycles. The van der Waals surface area contributed by atoms with Crippen molar-refractivity contribution in [3.05, 3.63) is 54.1 Å². The third kappa shape index (κ3) is 5.02. The standard InChI is InChI=1S/C18H20N2O2/c1-20-16-6-10-18(11-7-16)22-13-3-2-12-21-17-8-4-15(14-19)5-9-17/h4-11,20H,2-3,12-13H2,1H3. The number of benzene rings is 2. The summed E-state index contributed by atoms with van der Waals surface area (Å²) in [6.07, 6.45) is 1.86. The average molecular weight is 296 g/mol. The number of nitrogens with zero attached hydrogens (tertiary/aromatic N) is 1. The van der Waals surface area contributed by atoms with E-state index in [1.54, 1.807) is 12.1 Å². The van der Waals surface area contributed by atoms with Gasteiger partial charge < -0.3 is 14.8 Å². The fourth-order valence-corrected chi connectivity index (χ4v) is 1.93. The van der Waals surface area contributed by atoms with Gasteiger partial charge in [-0.2, -0.15) is 5.26 Å². The van der Waals surface area contributed by atoms with Crippen LogP contribution >= 0.6 is 0 Å². The van der Waals surface area contributed by atoms with Gasteiger partial charge in [0.25, 0.3) is 0 Å². The minimum atomic E-state index is 0.644. The third-order valence-electron chi connectivity index (χ3n) is 3.20. The van der Waals surface area contributed by atoms with Crippen molar-refractivity contribution >= 4 is 5.69 Å². The van der Waals surface area contributed by atoms with Gasteiger partial charge in [-0.15, -0.1) is 0 Å². The Bertz CT molecular complexity index is 600. The molecule has 0 heterocycles. The summed E-state index contributed by atoms with van der Waals surface area (Å²) in [5, 5.41) is 11.8. The van der Waals surface area contributed by atoms with Crippen LogP contribution in [-0.2, 0) is 0 Å². The third-order valence-corrected chi connectivity index (χ3v) is 3.20. The summed E-state index contributed by atoms with van der Waals surface area (Å²) in [6.45, 7) is 1.32. The SMILES string of the molecule is CNc1ccc(OCCCCOc2ccc(C#N)cc2)cc1. The molecule has 0 amide bonds. The Kier molecular flexibility index (Phi) is 6.13. The summed E-state index contributed by atoms with van der Waals surface area (Å²) < 4.78 is 11.3. The highest BCUT2D eigenvalue weighted by Crippen LogP contribution is 2.15. The summed E-state index contributed by atoms with van der Waals surface area (Å²) in [5.41, 5.74) is 1.72. The van der Waals surface area contributed by atoms with Crippen LogP contribution in [0.25, 0.3) is 0 Å². The lowest BCUT2D eigenvalue weighted by molar-refractivity contribution is 0.266. The number of anilines is 1. The molecule has 2 aromatic carbocycles. The van der Waals surface area contributed by atoms with Gasteiger partial charge in [-0.25, -0.2) is 0 Å². The molecule has 4 heteroatoms. The zero-order valence-corrected chi connectivity index (χ0v) is 12.7. The van der Waals surface area contributed by atoms with Crippen molar-refractivity contribution in [1.29, 1.82) is 5.26 Å². The minimum Gasteiger partial charge on any atom is -0.494 e. The van der Waals surface area contributed by atoms with Gasteiger partial charge in [0, 0.05) is 12.7 Å². The number of rotatable bonds is 8. The molecule has 22 heavy (non-hydrogen) atoms. The first-order chi connectivity index (χ1) is 10.8. The quantitative estimate of drug-likeness (QED) is 0.752. The predicted molar refractivity (Wildman–Crippen MR) is 87.4 cm³/mol. The van der Waals surface area contributed by atoms with Gasteiger partial charge in [0.05, 0.1) is 24.8 Å². The monoisotopic (exact) mass is 296 g/mol. The van der Waals surface area contributed by atoms with Crippen molar-refractivity contribution < 1.29 is 9.47 Å². The van der Waals surface area contributed by atoms with Crippen LogP contribution < -0.4 is 14.8 Å². The van der Waals surface area contributed by atoms with Crippen molar-refractivity contribution in [2.75, 3.05) is 25.6 Å². The number of hydrogen-bond acceptors (Lipinski definition) is 4. The van der Waals surface area contributed by atoms with Crippen molar-refractivity contribution in [1.82, 2.24) is 0 Å². The van der Waals surface area contributed by atoms with Gasteiger partial charge in [0.15, 0.2) is 0 Å². The molecule has 0 spiro atoms. The van der Waals surface area contributed by atoms with Crippen LogP contribution in [0.5, 0.6) is 11.5 Å². The molecule has 0 aliphatic heterocycles. The second kappa shape index (κ2) is 8.58. The summed E-state index contributed by atoms with van der Waals surface area (Å²) in [5.74, 6) is 1.68. The van der Waals surface area contributed by atoms with E-state index < -0.39 is 0 Å². The van der Waals surface area contributed by atoms with E-state index in [0.29, 0.717) is 18.8 Å². The summed E-state index contributed by atoms with van der Waals surface area (Å²) in [6, 6.07) is 17.1. The van der Waals surface area contributed by atoms with E-state index in [2.05, 4.69) is 11.4 Å². The lowest BCUT2D eigenvalue weighted by Crippen LogP contribution is -2.02. The van der Waals surface area contributed by atoms with Gasteiger partial charge in [-0.3, -0.25) is 0 Å². The average Bonchev–Trinajstić information content (AvgIpc) is 2.59. The highest BCUT2D eigenvalue weighted by molar-refractivity contribution is 5.45. The lowest BCUT2D eigenvalue weighted by atomic mass is 10.2. The number of unbranched alkanes of at least 4 members (excludes halogenated alkanes) is 1. The molecular formula is C18H20N2O2. The Hall–Kier alpha value is -2.67. The molecule has 0 saturated carbocycles. The van der Waals surface area contributed by atoms with Crippen molar-refractivity contribution in [3.8, 4) is 17.6 Å². The van der Waals surface area contributed by atoms with E-state index in [0.717, 1.165) is 30.0 Å². The van der Waals surface area contributed by atoms with Crippen LogP contribution in [0.3, 0.4) is 0 Å². The predicted octanol–water partition coefficient (Wildman–Crippen LogP) is 3.84. The van der Waals surface area contributed by atoms with Crippen molar-refractivity contribution in [2.45, 2.75) is 12.8 Å². The minimum absolute atomic E-state index is 0.644. The molecule has 0 aliphatic carbocycles. The number of hydrogen-bond donors (Lipinski definition) is 1.